The Morgan fingerprint density at radius 2 is 2.04 bits per heavy atom. The second-order valence-electron chi connectivity index (χ2n) is 5.52. The maximum absolute atomic E-state index is 13.1. The Morgan fingerprint density at radius 1 is 1.22 bits per heavy atom. The van der Waals surface area contributed by atoms with Crippen molar-refractivity contribution in [2.45, 2.75) is 22.1 Å². The van der Waals surface area contributed by atoms with Crippen LogP contribution in [0.3, 0.4) is 0 Å². The molecule has 144 valence electrons. The van der Waals surface area contributed by atoms with E-state index < -0.39 is 11.9 Å². The van der Waals surface area contributed by atoms with E-state index in [-0.39, 0.29) is 11.0 Å². The number of rotatable bonds is 7. The van der Waals surface area contributed by atoms with Crippen molar-refractivity contribution >= 4 is 45.4 Å². The molecule has 0 unspecified atom stereocenters. The molecule has 0 fully saturated rings. The van der Waals surface area contributed by atoms with Gasteiger partial charge in [-0.05, 0) is 29.6 Å². The number of alkyl halides is 3. The van der Waals surface area contributed by atoms with Gasteiger partial charge in [0.15, 0.2) is 15.2 Å². The Balaban J connectivity index is 1.68. The minimum absolute atomic E-state index is 0.0187. The normalized spacial score (nSPS) is 11.6. The zero-order valence-electron chi connectivity index (χ0n) is 14.3. The van der Waals surface area contributed by atoms with E-state index in [1.54, 1.807) is 25.4 Å². The zero-order chi connectivity index (χ0) is 19.4. The van der Waals surface area contributed by atoms with E-state index in [0.29, 0.717) is 16.0 Å². The van der Waals surface area contributed by atoms with Crippen LogP contribution in [0.1, 0.15) is 10.6 Å². The third-order valence-corrected chi connectivity index (χ3v) is 5.99. The van der Waals surface area contributed by atoms with E-state index in [1.807, 2.05) is 11.4 Å². The van der Waals surface area contributed by atoms with E-state index in [2.05, 4.69) is 31.5 Å². The quantitative estimate of drug-likeness (QED) is 0.559. The van der Waals surface area contributed by atoms with Crippen LogP contribution in [0.2, 0.25) is 0 Å². The fourth-order valence-electron chi connectivity index (χ4n) is 1.98. The van der Waals surface area contributed by atoms with E-state index >= 15 is 0 Å². The molecule has 0 radical (unpaired) electrons. The van der Waals surface area contributed by atoms with Gasteiger partial charge in [-0.3, -0.25) is 0 Å². The Morgan fingerprint density at radius 3 is 2.70 bits per heavy atom. The highest BCUT2D eigenvalue weighted by atomic mass is 32.2. The summed E-state index contributed by atoms with van der Waals surface area (Å²) < 4.78 is 39.6. The first-order valence-electron chi connectivity index (χ1n) is 7.72. The first-order chi connectivity index (χ1) is 12.8. The van der Waals surface area contributed by atoms with Gasteiger partial charge in [-0.15, -0.1) is 21.5 Å². The summed E-state index contributed by atoms with van der Waals surface area (Å²) >= 11 is 3.89. The summed E-state index contributed by atoms with van der Waals surface area (Å²) in [6.07, 6.45) is -3.68. The molecule has 3 heterocycles. The summed E-state index contributed by atoms with van der Waals surface area (Å²) in [5, 5.41) is 13.8. The molecule has 3 aromatic heterocycles. The number of aromatic nitrogens is 4. The predicted octanol–water partition coefficient (Wildman–Crippen LogP) is 4.28. The highest BCUT2D eigenvalue weighted by Gasteiger charge is 2.34. The molecule has 3 rings (SSSR count). The van der Waals surface area contributed by atoms with E-state index in [0.717, 1.165) is 24.2 Å². The SMILES string of the molecule is CN(C)c1cc(C(F)(F)F)nc(Sc2nnc(NCCc3cccs3)s2)n1. The van der Waals surface area contributed by atoms with Crippen LogP contribution in [0.25, 0.3) is 0 Å². The number of halogens is 3. The van der Waals surface area contributed by atoms with Crippen molar-refractivity contribution in [1.29, 1.82) is 0 Å². The first-order valence-corrected chi connectivity index (χ1v) is 10.2. The molecule has 0 aliphatic rings. The number of hydrogen-bond acceptors (Lipinski definition) is 9. The standard InChI is InChI=1S/C15H15F3N6S3/c1-24(2)11-8-10(15(16,17)18)20-13(21-11)27-14-23-22-12(26-14)19-6-5-9-4-3-7-25-9/h3-4,7-8H,5-6H2,1-2H3,(H,19,22). The summed E-state index contributed by atoms with van der Waals surface area (Å²) in [6, 6.07) is 4.97. The summed E-state index contributed by atoms with van der Waals surface area (Å²) in [7, 11) is 3.25. The summed E-state index contributed by atoms with van der Waals surface area (Å²) in [4.78, 5) is 10.5. The van der Waals surface area contributed by atoms with Crippen LogP contribution in [0.4, 0.5) is 24.1 Å². The van der Waals surface area contributed by atoms with Gasteiger partial charge in [0, 0.05) is 31.6 Å². The Labute approximate surface area is 165 Å². The van der Waals surface area contributed by atoms with E-state index in [1.165, 1.54) is 21.1 Å². The second kappa shape index (κ2) is 8.40. The third-order valence-electron chi connectivity index (χ3n) is 3.25. The van der Waals surface area contributed by atoms with Gasteiger partial charge in [0.1, 0.15) is 5.82 Å². The molecule has 0 saturated carbocycles. The molecule has 0 saturated heterocycles. The van der Waals surface area contributed by atoms with Crippen molar-refractivity contribution in [1.82, 2.24) is 20.2 Å². The molecular weight excluding hydrogens is 417 g/mol. The van der Waals surface area contributed by atoms with Crippen LogP contribution in [-0.2, 0) is 12.6 Å². The lowest BCUT2D eigenvalue weighted by molar-refractivity contribution is -0.141. The monoisotopic (exact) mass is 432 g/mol. The third kappa shape index (κ3) is 5.53. The molecule has 0 amide bonds. The topological polar surface area (TPSA) is 66.8 Å². The number of nitrogens with one attached hydrogen (secondary N) is 1. The van der Waals surface area contributed by atoms with Gasteiger partial charge in [-0.2, -0.15) is 13.2 Å². The number of anilines is 2. The molecule has 0 aliphatic heterocycles. The van der Waals surface area contributed by atoms with Crippen molar-refractivity contribution in [3.05, 3.63) is 34.2 Å². The molecule has 0 spiro atoms. The maximum Gasteiger partial charge on any atom is 0.433 e. The van der Waals surface area contributed by atoms with Crippen LogP contribution < -0.4 is 10.2 Å². The lowest BCUT2D eigenvalue weighted by Crippen LogP contribution is -2.15. The van der Waals surface area contributed by atoms with Crippen molar-refractivity contribution in [2.24, 2.45) is 0 Å². The van der Waals surface area contributed by atoms with Crippen LogP contribution in [0, 0.1) is 0 Å². The molecule has 27 heavy (non-hydrogen) atoms. The number of nitrogens with zero attached hydrogens (tertiary/aromatic N) is 5. The van der Waals surface area contributed by atoms with Crippen LogP contribution in [0.15, 0.2) is 33.1 Å². The Kier molecular flexibility index (Phi) is 6.17. The smallest absolute Gasteiger partial charge is 0.363 e. The van der Waals surface area contributed by atoms with Crippen LogP contribution in [0.5, 0.6) is 0 Å². The largest absolute Gasteiger partial charge is 0.433 e. The van der Waals surface area contributed by atoms with Crippen molar-refractivity contribution in [2.75, 3.05) is 30.9 Å². The Bertz CT molecular complexity index is 879. The van der Waals surface area contributed by atoms with Gasteiger partial charge >= 0.3 is 6.18 Å². The first kappa shape index (κ1) is 19.8. The summed E-state index contributed by atoms with van der Waals surface area (Å²) in [5.41, 5.74) is -0.984. The molecular formula is C15H15F3N6S3. The van der Waals surface area contributed by atoms with Gasteiger partial charge < -0.3 is 10.2 Å². The van der Waals surface area contributed by atoms with E-state index in [4.69, 9.17) is 0 Å². The molecule has 0 bridgehead atoms. The van der Waals surface area contributed by atoms with Gasteiger partial charge in [0.25, 0.3) is 0 Å². The minimum atomic E-state index is -4.54. The summed E-state index contributed by atoms with van der Waals surface area (Å²) in [6.45, 7) is 0.699. The van der Waals surface area contributed by atoms with Gasteiger partial charge in [-0.25, -0.2) is 9.97 Å². The van der Waals surface area contributed by atoms with Crippen molar-refractivity contribution < 1.29 is 13.2 Å². The van der Waals surface area contributed by atoms with Crippen LogP contribution >= 0.6 is 34.4 Å². The predicted molar refractivity (Wildman–Crippen MR) is 102 cm³/mol. The lowest BCUT2D eigenvalue weighted by atomic mass is 10.3. The average molecular weight is 433 g/mol. The molecule has 6 nitrogen and oxygen atoms in total. The van der Waals surface area contributed by atoms with Gasteiger partial charge in [0.2, 0.25) is 5.13 Å². The number of hydrogen-bond donors (Lipinski definition) is 1. The molecule has 3 aromatic rings. The second-order valence-corrected chi connectivity index (χ2v) is 8.74. The molecule has 12 heteroatoms. The number of thiophene rings is 1. The fraction of sp³-hybridized carbons (Fsp3) is 0.333. The highest BCUT2D eigenvalue weighted by molar-refractivity contribution is 8.00. The van der Waals surface area contributed by atoms with Crippen LogP contribution in [-0.4, -0.2) is 40.8 Å². The fourth-order valence-corrected chi connectivity index (χ4v) is 4.34. The molecule has 0 aliphatic carbocycles. The van der Waals surface area contributed by atoms with Gasteiger partial charge in [-0.1, -0.05) is 17.4 Å². The molecule has 0 atom stereocenters. The zero-order valence-corrected chi connectivity index (χ0v) is 16.8. The minimum Gasteiger partial charge on any atom is -0.363 e. The van der Waals surface area contributed by atoms with Crippen molar-refractivity contribution in [3.63, 3.8) is 0 Å². The maximum atomic E-state index is 13.1. The highest BCUT2D eigenvalue weighted by Crippen LogP contribution is 2.34. The molecule has 0 aromatic carbocycles. The van der Waals surface area contributed by atoms with E-state index in [9.17, 15) is 13.2 Å². The molecule has 1 N–H and O–H groups in total. The van der Waals surface area contributed by atoms with Gasteiger partial charge in [0.05, 0.1) is 0 Å². The lowest BCUT2D eigenvalue weighted by Gasteiger charge is -2.14. The average Bonchev–Trinajstić information content (AvgIpc) is 3.26. The summed E-state index contributed by atoms with van der Waals surface area (Å²) in [5.74, 6) is 0.179. The Hall–Kier alpha value is -1.92. The van der Waals surface area contributed by atoms with Crippen molar-refractivity contribution in [3.8, 4) is 0 Å².